The first-order valence-electron chi connectivity index (χ1n) is 7.19. The summed E-state index contributed by atoms with van der Waals surface area (Å²) in [6.07, 6.45) is 0. The molecule has 0 aliphatic carbocycles. The highest BCUT2D eigenvalue weighted by Crippen LogP contribution is 2.39. The number of hydrogen-bond donors (Lipinski definition) is 2. The minimum absolute atomic E-state index is 0.0803. The standard InChI is InChI=1S/C15H15ClFN5OS/c16-10-4-12(9(5-19)3-11(10)17)23-15(7-22(8-15)2-1-18)13-6-24-14(20)21-13/h3-4,6H,1-2,7-8,18H2,(H2,20,21). The number of aromatic nitrogens is 1. The zero-order valence-corrected chi connectivity index (χ0v) is 14.2. The lowest BCUT2D eigenvalue weighted by molar-refractivity contribution is -0.0840. The third kappa shape index (κ3) is 3.03. The fraction of sp³-hybridized carbons (Fsp3) is 0.333. The number of thiazole rings is 1. The van der Waals surface area contributed by atoms with Crippen molar-refractivity contribution in [1.82, 2.24) is 9.88 Å². The average molecular weight is 368 g/mol. The topological polar surface area (TPSA) is 101 Å². The predicted octanol–water partition coefficient (Wildman–Crippen LogP) is 1.94. The molecular formula is C15H15ClFN5OS. The zero-order chi connectivity index (χ0) is 17.3. The number of hydrogen-bond acceptors (Lipinski definition) is 7. The fourth-order valence-corrected chi connectivity index (χ4v) is 3.51. The van der Waals surface area contributed by atoms with Gasteiger partial charge < -0.3 is 16.2 Å². The lowest BCUT2D eigenvalue weighted by atomic mass is 9.90. The van der Waals surface area contributed by atoms with E-state index in [9.17, 15) is 9.65 Å². The zero-order valence-electron chi connectivity index (χ0n) is 12.6. The van der Waals surface area contributed by atoms with E-state index in [0.717, 1.165) is 12.6 Å². The van der Waals surface area contributed by atoms with Crippen molar-refractivity contribution in [3.8, 4) is 11.8 Å². The fourth-order valence-electron chi connectivity index (χ4n) is 2.70. The van der Waals surface area contributed by atoms with Gasteiger partial charge in [-0.1, -0.05) is 11.6 Å². The molecule has 1 saturated heterocycles. The summed E-state index contributed by atoms with van der Waals surface area (Å²) in [5, 5.41) is 11.4. The molecule has 0 atom stereocenters. The maximum Gasteiger partial charge on any atom is 0.180 e. The Bertz CT molecular complexity index is 800. The Morgan fingerprint density at radius 2 is 2.25 bits per heavy atom. The van der Waals surface area contributed by atoms with Gasteiger partial charge in [-0.25, -0.2) is 9.37 Å². The van der Waals surface area contributed by atoms with Crippen LogP contribution in [-0.4, -0.2) is 36.1 Å². The highest BCUT2D eigenvalue weighted by molar-refractivity contribution is 7.13. The second-order valence-corrected chi connectivity index (χ2v) is 6.84. The van der Waals surface area contributed by atoms with E-state index in [4.69, 9.17) is 27.8 Å². The summed E-state index contributed by atoms with van der Waals surface area (Å²) in [5.74, 6) is -0.436. The minimum Gasteiger partial charge on any atom is -0.477 e. The number of rotatable bonds is 5. The number of anilines is 1. The molecule has 4 N–H and O–H groups in total. The molecule has 126 valence electrons. The highest BCUT2D eigenvalue weighted by Gasteiger charge is 2.48. The van der Waals surface area contributed by atoms with Crippen LogP contribution in [0.25, 0.3) is 0 Å². The van der Waals surface area contributed by atoms with Crippen molar-refractivity contribution in [2.75, 3.05) is 31.9 Å². The molecule has 0 spiro atoms. The van der Waals surface area contributed by atoms with E-state index in [1.807, 2.05) is 11.4 Å². The van der Waals surface area contributed by atoms with Gasteiger partial charge in [0.05, 0.1) is 16.3 Å². The van der Waals surface area contributed by atoms with Crippen molar-refractivity contribution in [1.29, 1.82) is 5.26 Å². The molecule has 1 aliphatic rings. The number of likely N-dealkylation sites (tertiary alicyclic amines) is 1. The Balaban J connectivity index is 1.94. The molecule has 0 radical (unpaired) electrons. The Morgan fingerprint density at radius 1 is 1.50 bits per heavy atom. The number of nitrogen functional groups attached to an aromatic ring is 1. The van der Waals surface area contributed by atoms with Crippen LogP contribution in [0.2, 0.25) is 5.02 Å². The molecule has 1 aromatic carbocycles. The van der Waals surface area contributed by atoms with Gasteiger partial charge in [-0.3, -0.25) is 4.90 Å². The SMILES string of the molecule is N#Cc1cc(F)c(Cl)cc1OC1(c2csc(N)n2)CN(CCN)C1. The molecule has 0 saturated carbocycles. The van der Waals surface area contributed by atoms with Gasteiger partial charge in [0.15, 0.2) is 10.7 Å². The van der Waals surface area contributed by atoms with Crippen molar-refractivity contribution >= 4 is 28.1 Å². The number of benzene rings is 1. The van der Waals surface area contributed by atoms with Gasteiger partial charge in [-0.15, -0.1) is 11.3 Å². The van der Waals surface area contributed by atoms with Gasteiger partial charge in [0, 0.05) is 37.6 Å². The summed E-state index contributed by atoms with van der Waals surface area (Å²) in [7, 11) is 0. The summed E-state index contributed by atoms with van der Waals surface area (Å²) < 4.78 is 19.7. The Hall–Kier alpha value is -1.92. The number of nitrogens with zero attached hydrogens (tertiary/aromatic N) is 3. The normalized spacial score (nSPS) is 16.4. The lowest BCUT2D eigenvalue weighted by Crippen LogP contribution is -2.63. The van der Waals surface area contributed by atoms with Gasteiger partial charge >= 0.3 is 0 Å². The molecule has 2 heterocycles. The molecule has 6 nitrogen and oxygen atoms in total. The van der Waals surface area contributed by atoms with Crippen molar-refractivity contribution in [2.24, 2.45) is 5.73 Å². The molecular weight excluding hydrogens is 353 g/mol. The van der Waals surface area contributed by atoms with E-state index < -0.39 is 11.4 Å². The molecule has 0 unspecified atom stereocenters. The second-order valence-electron chi connectivity index (χ2n) is 5.54. The molecule has 2 aromatic rings. The van der Waals surface area contributed by atoms with Crippen LogP contribution in [0.5, 0.6) is 5.75 Å². The van der Waals surface area contributed by atoms with Crippen LogP contribution in [0.1, 0.15) is 11.3 Å². The van der Waals surface area contributed by atoms with Crippen molar-refractivity contribution < 1.29 is 9.13 Å². The van der Waals surface area contributed by atoms with Crippen molar-refractivity contribution in [3.05, 3.63) is 39.6 Å². The molecule has 0 bridgehead atoms. The first-order valence-corrected chi connectivity index (χ1v) is 8.45. The largest absolute Gasteiger partial charge is 0.477 e. The molecule has 1 aliphatic heterocycles. The summed E-state index contributed by atoms with van der Waals surface area (Å²) in [4.78, 5) is 6.42. The van der Waals surface area contributed by atoms with E-state index in [2.05, 4.69) is 9.88 Å². The molecule has 0 amide bonds. The number of ether oxygens (including phenoxy) is 1. The monoisotopic (exact) mass is 367 g/mol. The van der Waals surface area contributed by atoms with Gasteiger partial charge in [-0.2, -0.15) is 5.26 Å². The van der Waals surface area contributed by atoms with Crippen LogP contribution in [0.3, 0.4) is 0 Å². The summed E-state index contributed by atoms with van der Waals surface area (Å²) in [6.45, 7) is 2.35. The predicted molar refractivity (Wildman–Crippen MR) is 90.5 cm³/mol. The van der Waals surface area contributed by atoms with Crippen molar-refractivity contribution in [2.45, 2.75) is 5.60 Å². The first-order chi connectivity index (χ1) is 11.5. The van der Waals surface area contributed by atoms with Crippen molar-refractivity contribution in [3.63, 3.8) is 0 Å². The van der Waals surface area contributed by atoms with Gasteiger partial charge in [0.2, 0.25) is 0 Å². The van der Waals surface area contributed by atoms with Gasteiger partial charge in [-0.05, 0) is 6.07 Å². The molecule has 1 fully saturated rings. The average Bonchev–Trinajstić information content (AvgIpc) is 2.95. The first kappa shape index (κ1) is 16.9. The van der Waals surface area contributed by atoms with Crippen LogP contribution in [0, 0.1) is 17.1 Å². The maximum absolute atomic E-state index is 13.6. The van der Waals surface area contributed by atoms with Gasteiger partial charge in [0.25, 0.3) is 0 Å². The third-order valence-corrected chi connectivity index (χ3v) is 4.80. The summed E-state index contributed by atoms with van der Waals surface area (Å²) >= 11 is 7.15. The summed E-state index contributed by atoms with van der Waals surface area (Å²) in [6, 6.07) is 4.31. The summed E-state index contributed by atoms with van der Waals surface area (Å²) in [5.41, 5.74) is 11.3. The number of nitrogens with two attached hydrogens (primary N) is 2. The molecule has 1 aromatic heterocycles. The van der Waals surface area contributed by atoms with Crippen LogP contribution in [-0.2, 0) is 5.60 Å². The lowest BCUT2D eigenvalue weighted by Gasteiger charge is -2.48. The van der Waals surface area contributed by atoms with Crippen LogP contribution in [0.4, 0.5) is 9.52 Å². The maximum atomic E-state index is 13.6. The van der Waals surface area contributed by atoms with E-state index >= 15 is 0 Å². The third-order valence-electron chi connectivity index (χ3n) is 3.84. The van der Waals surface area contributed by atoms with E-state index in [1.165, 1.54) is 17.4 Å². The number of halogens is 2. The van der Waals surface area contributed by atoms with E-state index in [1.54, 1.807) is 0 Å². The highest BCUT2D eigenvalue weighted by atomic mass is 35.5. The van der Waals surface area contributed by atoms with E-state index in [0.29, 0.717) is 30.5 Å². The van der Waals surface area contributed by atoms with Crippen LogP contribution >= 0.6 is 22.9 Å². The van der Waals surface area contributed by atoms with E-state index in [-0.39, 0.29) is 16.3 Å². The van der Waals surface area contributed by atoms with Crippen LogP contribution in [0.15, 0.2) is 17.5 Å². The second kappa shape index (κ2) is 6.53. The Kier molecular flexibility index (Phi) is 4.60. The molecule has 24 heavy (non-hydrogen) atoms. The number of nitriles is 1. The molecule has 9 heteroatoms. The smallest absolute Gasteiger partial charge is 0.180 e. The Labute approximate surface area is 147 Å². The van der Waals surface area contributed by atoms with Crippen LogP contribution < -0.4 is 16.2 Å². The minimum atomic E-state index is -0.754. The van der Waals surface area contributed by atoms with Gasteiger partial charge in [0.1, 0.15) is 17.6 Å². The quantitative estimate of drug-likeness (QED) is 0.837. The Morgan fingerprint density at radius 3 is 2.83 bits per heavy atom. The molecule has 3 rings (SSSR count).